The molecule has 0 saturated carbocycles. The second kappa shape index (κ2) is 7.92. The van der Waals surface area contributed by atoms with Gasteiger partial charge in [0.05, 0.1) is 22.4 Å². The van der Waals surface area contributed by atoms with Crippen molar-refractivity contribution in [3.8, 4) is 28.5 Å². The summed E-state index contributed by atoms with van der Waals surface area (Å²) in [5, 5.41) is 4.57. The largest absolute Gasteiger partial charge is 0.456 e. The monoisotopic (exact) mass is 527 g/mol. The molecule has 5 aromatic carbocycles. The van der Waals surface area contributed by atoms with E-state index >= 15 is 0 Å². The van der Waals surface area contributed by atoms with Gasteiger partial charge in [0.25, 0.3) is 0 Å². The van der Waals surface area contributed by atoms with Gasteiger partial charge in [-0.2, -0.15) is 0 Å². The highest BCUT2D eigenvalue weighted by Crippen LogP contribution is 2.51. The molecule has 1 aliphatic carbocycles. The van der Waals surface area contributed by atoms with E-state index in [9.17, 15) is 0 Å². The molecule has 0 amide bonds. The Morgan fingerprint density at radius 2 is 1.29 bits per heavy atom. The number of fused-ring (bicyclic) bond motifs is 10. The second-order valence-electron chi connectivity index (χ2n) is 11.4. The Morgan fingerprint density at radius 3 is 2.17 bits per heavy atom. The summed E-state index contributed by atoms with van der Waals surface area (Å²) in [5.41, 5.74) is 10.4. The van der Waals surface area contributed by atoms with Crippen molar-refractivity contribution in [3.05, 3.63) is 126 Å². The van der Waals surface area contributed by atoms with E-state index in [1.54, 1.807) is 0 Å². The molecular formula is C37H25N3O. The number of aromatic nitrogens is 3. The molecule has 4 nitrogen and oxygen atoms in total. The molecule has 0 saturated heterocycles. The summed E-state index contributed by atoms with van der Waals surface area (Å²) in [6, 6.07) is 40.2. The summed E-state index contributed by atoms with van der Waals surface area (Å²) in [4.78, 5) is 10.8. The fourth-order valence-electron chi connectivity index (χ4n) is 7.00. The molecule has 0 fully saturated rings. The molecule has 8 aromatic rings. The van der Waals surface area contributed by atoms with Crippen molar-refractivity contribution < 1.29 is 4.42 Å². The zero-order valence-electron chi connectivity index (χ0n) is 22.7. The van der Waals surface area contributed by atoms with E-state index in [-0.39, 0.29) is 5.41 Å². The highest BCUT2D eigenvalue weighted by atomic mass is 16.3. The van der Waals surface area contributed by atoms with Crippen molar-refractivity contribution in [1.82, 2.24) is 14.5 Å². The maximum absolute atomic E-state index is 6.28. The van der Waals surface area contributed by atoms with Gasteiger partial charge in [-0.1, -0.05) is 105 Å². The molecule has 0 unspecified atom stereocenters. The zero-order chi connectivity index (χ0) is 27.3. The van der Waals surface area contributed by atoms with Gasteiger partial charge in [-0.25, -0.2) is 9.97 Å². The van der Waals surface area contributed by atoms with Gasteiger partial charge in [-0.3, -0.25) is 4.57 Å². The summed E-state index contributed by atoms with van der Waals surface area (Å²) >= 11 is 0. The van der Waals surface area contributed by atoms with Gasteiger partial charge in [0, 0.05) is 43.7 Å². The molecule has 0 spiro atoms. The number of rotatable bonds is 2. The SMILES string of the molecule is CC1(C)c2ccccc2-c2nc(-n3c4ccccc4c4c5c(ccc43)oc3ccccc35)nc(-c3ccccc3)c21. The number of para-hydroxylation sites is 2. The highest BCUT2D eigenvalue weighted by Gasteiger charge is 2.40. The Morgan fingerprint density at radius 1 is 0.585 bits per heavy atom. The minimum atomic E-state index is -0.224. The number of furan rings is 1. The minimum absolute atomic E-state index is 0.224. The maximum atomic E-state index is 6.28. The number of nitrogens with zero attached hydrogens (tertiary/aromatic N) is 3. The van der Waals surface area contributed by atoms with Gasteiger partial charge in [0.2, 0.25) is 5.95 Å². The Balaban J connectivity index is 1.45. The second-order valence-corrected chi connectivity index (χ2v) is 11.4. The molecule has 0 radical (unpaired) electrons. The fraction of sp³-hybridized carbons (Fsp3) is 0.0811. The Hall–Kier alpha value is -5.22. The van der Waals surface area contributed by atoms with E-state index in [1.807, 2.05) is 12.1 Å². The highest BCUT2D eigenvalue weighted by molar-refractivity contribution is 6.27. The van der Waals surface area contributed by atoms with Crippen LogP contribution in [0, 0.1) is 0 Å². The van der Waals surface area contributed by atoms with Crippen LogP contribution in [0.1, 0.15) is 25.0 Å². The molecule has 1 aliphatic rings. The molecule has 9 rings (SSSR count). The third-order valence-corrected chi connectivity index (χ3v) is 8.80. The molecule has 0 aliphatic heterocycles. The van der Waals surface area contributed by atoms with E-state index in [2.05, 4.69) is 122 Å². The standard InChI is InChI=1S/C37H25N3O/c1-37(2)26-17-9-6-14-23(26)35-33(37)34(22-12-4-3-5-13-22)38-36(39-35)40-27-18-10-7-15-24(27)31-28(40)20-21-30-32(31)25-16-8-11-19-29(25)41-30/h3-21H,1-2H3. The molecule has 0 bridgehead atoms. The molecule has 0 N–H and O–H groups in total. The summed E-state index contributed by atoms with van der Waals surface area (Å²) in [6.07, 6.45) is 0. The first-order valence-corrected chi connectivity index (χ1v) is 14.0. The van der Waals surface area contributed by atoms with E-state index in [0.717, 1.165) is 60.7 Å². The van der Waals surface area contributed by atoms with E-state index < -0.39 is 0 Å². The summed E-state index contributed by atoms with van der Waals surface area (Å²) in [6.45, 7) is 4.57. The predicted molar refractivity (Wildman–Crippen MR) is 167 cm³/mol. The van der Waals surface area contributed by atoms with Crippen LogP contribution in [-0.4, -0.2) is 14.5 Å². The zero-order valence-corrected chi connectivity index (χ0v) is 22.7. The fourth-order valence-corrected chi connectivity index (χ4v) is 7.00. The number of benzene rings is 5. The van der Waals surface area contributed by atoms with Crippen LogP contribution in [0.5, 0.6) is 0 Å². The van der Waals surface area contributed by atoms with Crippen LogP contribution in [0.15, 0.2) is 120 Å². The van der Waals surface area contributed by atoms with Crippen molar-refractivity contribution in [2.24, 2.45) is 0 Å². The molecular weight excluding hydrogens is 502 g/mol. The quantitative estimate of drug-likeness (QED) is 0.225. The Kier molecular flexibility index (Phi) is 4.36. The van der Waals surface area contributed by atoms with Crippen LogP contribution in [0.25, 0.3) is 72.2 Å². The maximum Gasteiger partial charge on any atom is 0.235 e. The van der Waals surface area contributed by atoms with E-state index in [4.69, 9.17) is 14.4 Å². The molecule has 41 heavy (non-hydrogen) atoms. The molecule has 3 heterocycles. The van der Waals surface area contributed by atoms with Crippen molar-refractivity contribution >= 4 is 43.7 Å². The van der Waals surface area contributed by atoms with Crippen molar-refractivity contribution in [2.45, 2.75) is 19.3 Å². The lowest BCUT2D eigenvalue weighted by molar-refractivity contribution is 0.657. The molecule has 3 aromatic heterocycles. The van der Waals surface area contributed by atoms with Gasteiger partial charge in [0.15, 0.2) is 0 Å². The van der Waals surface area contributed by atoms with E-state index in [0.29, 0.717) is 5.95 Å². The predicted octanol–water partition coefficient (Wildman–Crippen LogP) is 9.45. The lowest BCUT2D eigenvalue weighted by Crippen LogP contribution is -2.18. The number of hydrogen-bond donors (Lipinski definition) is 0. The van der Waals surface area contributed by atoms with Crippen LogP contribution in [0.3, 0.4) is 0 Å². The lowest BCUT2D eigenvalue weighted by atomic mass is 9.81. The van der Waals surface area contributed by atoms with Crippen LogP contribution < -0.4 is 0 Å². The topological polar surface area (TPSA) is 43.9 Å². The third kappa shape index (κ3) is 2.94. The molecule has 4 heteroatoms. The van der Waals surface area contributed by atoms with Gasteiger partial charge in [0.1, 0.15) is 11.2 Å². The average molecular weight is 528 g/mol. The summed E-state index contributed by atoms with van der Waals surface area (Å²) in [5.74, 6) is 0.674. The third-order valence-electron chi connectivity index (χ3n) is 8.80. The molecule has 194 valence electrons. The smallest absolute Gasteiger partial charge is 0.235 e. The minimum Gasteiger partial charge on any atom is -0.456 e. The normalized spacial score (nSPS) is 13.8. The number of hydrogen-bond acceptors (Lipinski definition) is 3. The Labute approximate surface area is 236 Å². The molecule has 0 atom stereocenters. The van der Waals surface area contributed by atoms with Crippen molar-refractivity contribution in [1.29, 1.82) is 0 Å². The van der Waals surface area contributed by atoms with Crippen LogP contribution in [-0.2, 0) is 5.41 Å². The van der Waals surface area contributed by atoms with Gasteiger partial charge >= 0.3 is 0 Å². The summed E-state index contributed by atoms with van der Waals surface area (Å²) < 4.78 is 8.51. The summed E-state index contributed by atoms with van der Waals surface area (Å²) in [7, 11) is 0. The van der Waals surface area contributed by atoms with Gasteiger partial charge in [-0.15, -0.1) is 0 Å². The van der Waals surface area contributed by atoms with Gasteiger partial charge in [-0.05, 0) is 29.8 Å². The van der Waals surface area contributed by atoms with Crippen LogP contribution in [0.2, 0.25) is 0 Å². The first kappa shape index (κ1) is 22.6. The van der Waals surface area contributed by atoms with E-state index in [1.165, 1.54) is 16.7 Å². The Bertz CT molecular complexity index is 2340. The van der Waals surface area contributed by atoms with Crippen molar-refractivity contribution in [3.63, 3.8) is 0 Å². The van der Waals surface area contributed by atoms with Crippen LogP contribution >= 0.6 is 0 Å². The van der Waals surface area contributed by atoms with Crippen LogP contribution in [0.4, 0.5) is 0 Å². The van der Waals surface area contributed by atoms with Gasteiger partial charge < -0.3 is 4.42 Å². The first-order valence-electron chi connectivity index (χ1n) is 14.0. The lowest BCUT2D eigenvalue weighted by Gasteiger charge is -2.24. The average Bonchev–Trinajstić information content (AvgIpc) is 3.63. The first-order chi connectivity index (χ1) is 20.1. The van der Waals surface area contributed by atoms with Crippen molar-refractivity contribution in [2.75, 3.05) is 0 Å².